The van der Waals surface area contributed by atoms with E-state index in [4.69, 9.17) is 9.47 Å². The second kappa shape index (κ2) is 7.85. The molecule has 0 aliphatic rings. The summed E-state index contributed by atoms with van der Waals surface area (Å²) in [4.78, 5) is 0.0742. The van der Waals surface area contributed by atoms with Crippen LogP contribution in [0.3, 0.4) is 0 Å². The summed E-state index contributed by atoms with van der Waals surface area (Å²) in [5.74, 6) is 1.75. The van der Waals surface area contributed by atoms with Crippen LogP contribution in [0.4, 0.5) is 0 Å². The summed E-state index contributed by atoms with van der Waals surface area (Å²) >= 11 is 7.33. The van der Waals surface area contributed by atoms with Gasteiger partial charge in [0.25, 0.3) is 0 Å². The number of hydrogen-bond acceptors (Lipinski definition) is 2. The number of halogens is 2. The number of methoxy groups -OCH3 is 1. The van der Waals surface area contributed by atoms with Crippen LogP contribution in [0, 0.1) is 0 Å². The smallest absolute Gasteiger partial charge is 0.133 e. The van der Waals surface area contributed by atoms with E-state index in [0.29, 0.717) is 0 Å². The van der Waals surface area contributed by atoms with Crippen LogP contribution in [0.25, 0.3) is 0 Å². The van der Waals surface area contributed by atoms with Crippen molar-refractivity contribution < 1.29 is 9.47 Å². The van der Waals surface area contributed by atoms with Crippen LogP contribution in [0.5, 0.6) is 11.5 Å². The largest absolute Gasteiger partial charge is 0.496 e. The van der Waals surface area contributed by atoms with Gasteiger partial charge in [-0.05, 0) is 46.1 Å². The molecule has 2 rings (SSSR count). The highest BCUT2D eigenvalue weighted by Crippen LogP contribution is 2.38. The Bertz CT molecular complexity index is 599. The van der Waals surface area contributed by atoms with Crippen molar-refractivity contribution in [2.45, 2.75) is 18.2 Å². The standard InChI is InChI=1S/C17H18Br2O2/c1-3-10-21-16-9-8-12(11-14(16)18)17(19)13-6-4-5-7-15(13)20-2/h4-9,11,17H,3,10H2,1-2H3. The molecular formula is C17H18Br2O2. The molecule has 2 aromatic carbocycles. The van der Waals surface area contributed by atoms with Gasteiger partial charge >= 0.3 is 0 Å². The van der Waals surface area contributed by atoms with E-state index in [1.807, 2.05) is 24.3 Å². The van der Waals surface area contributed by atoms with Crippen molar-refractivity contribution in [3.63, 3.8) is 0 Å². The van der Waals surface area contributed by atoms with Crippen LogP contribution >= 0.6 is 31.9 Å². The average Bonchev–Trinajstić information content (AvgIpc) is 2.53. The van der Waals surface area contributed by atoms with Gasteiger partial charge in [0.05, 0.1) is 23.0 Å². The summed E-state index contributed by atoms with van der Waals surface area (Å²) < 4.78 is 12.1. The van der Waals surface area contributed by atoms with E-state index in [1.165, 1.54) is 0 Å². The summed E-state index contributed by atoms with van der Waals surface area (Å²) in [5, 5.41) is 0. The lowest BCUT2D eigenvalue weighted by atomic mass is 10.0. The van der Waals surface area contributed by atoms with Gasteiger partial charge in [0.15, 0.2) is 0 Å². The van der Waals surface area contributed by atoms with Crippen LogP contribution in [0.2, 0.25) is 0 Å². The highest BCUT2D eigenvalue weighted by molar-refractivity contribution is 9.10. The Labute approximate surface area is 142 Å². The van der Waals surface area contributed by atoms with Crippen molar-refractivity contribution in [2.24, 2.45) is 0 Å². The molecule has 1 unspecified atom stereocenters. The first-order valence-electron chi connectivity index (χ1n) is 6.86. The Morgan fingerprint density at radius 1 is 1.10 bits per heavy atom. The van der Waals surface area contributed by atoms with E-state index in [1.54, 1.807) is 7.11 Å². The maximum Gasteiger partial charge on any atom is 0.133 e. The molecule has 112 valence electrons. The summed E-state index contributed by atoms with van der Waals surface area (Å²) in [7, 11) is 1.69. The van der Waals surface area contributed by atoms with Crippen molar-refractivity contribution in [1.82, 2.24) is 0 Å². The lowest BCUT2D eigenvalue weighted by Crippen LogP contribution is -1.99. The minimum Gasteiger partial charge on any atom is -0.496 e. The summed E-state index contributed by atoms with van der Waals surface area (Å²) in [6.45, 7) is 2.82. The van der Waals surface area contributed by atoms with Gasteiger partial charge in [0.1, 0.15) is 11.5 Å². The third-order valence-corrected chi connectivity index (χ3v) is 4.76. The predicted octanol–water partition coefficient (Wildman–Crippen LogP) is 5.73. The second-order valence-electron chi connectivity index (χ2n) is 4.64. The number of alkyl halides is 1. The van der Waals surface area contributed by atoms with Gasteiger partial charge in [-0.2, -0.15) is 0 Å². The molecule has 0 aromatic heterocycles. The van der Waals surface area contributed by atoms with Crippen LogP contribution in [-0.4, -0.2) is 13.7 Å². The molecule has 0 saturated heterocycles. The van der Waals surface area contributed by atoms with Gasteiger partial charge in [0, 0.05) is 5.56 Å². The van der Waals surface area contributed by atoms with Gasteiger partial charge in [0.2, 0.25) is 0 Å². The Morgan fingerprint density at radius 3 is 2.52 bits per heavy atom. The van der Waals surface area contributed by atoms with E-state index >= 15 is 0 Å². The van der Waals surface area contributed by atoms with Crippen molar-refractivity contribution in [1.29, 1.82) is 0 Å². The molecule has 0 bridgehead atoms. The highest BCUT2D eigenvalue weighted by atomic mass is 79.9. The van der Waals surface area contributed by atoms with Crippen LogP contribution in [0.1, 0.15) is 29.3 Å². The van der Waals surface area contributed by atoms with Gasteiger partial charge in [-0.3, -0.25) is 0 Å². The SMILES string of the molecule is CCCOc1ccc(C(Br)c2ccccc2OC)cc1Br. The fraction of sp³-hybridized carbons (Fsp3) is 0.294. The molecule has 21 heavy (non-hydrogen) atoms. The Morgan fingerprint density at radius 2 is 1.86 bits per heavy atom. The highest BCUT2D eigenvalue weighted by Gasteiger charge is 2.16. The zero-order chi connectivity index (χ0) is 15.2. The first-order chi connectivity index (χ1) is 10.2. The monoisotopic (exact) mass is 412 g/mol. The average molecular weight is 414 g/mol. The number of ether oxygens (including phenoxy) is 2. The van der Waals surface area contributed by atoms with Crippen molar-refractivity contribution in [3.05, 3.63) is 58.1 Å². The Balaban J connectivity index is 2.27. The third kappa shape index (κ3) is 4.01. The normalized spacial score (nSPS) is 12.0. The number of benzene rings is 2. The van der Waals surface area contributed by atoms with Gasteiger partial charge in [-0.1, -0.05) is 47.1 Å². The van der Waals surface area contributed by atoms with Crippen molar-refractivity contribution in [3.8, 4) is 11.5 Å². The van der Waals surface area contributed by atoms with E-state index in [-0.39, 0.29) is 4.83 Å². The lowest BCUT2D eigenvalue weighted by Gasteiger charge is -2.16. The van der Waals surface area contributed by atoms with E-state index in [0.717, 1.165) is 40.1 Å². The topological polar surface area (TPSA) is 18.5 Å². The molecule has 0 fully saturated rings. The van der Waals surface area contributed by atoms with Crippen molar-refractivity contribution >= 4 is 31.9 Å². The van der Waals surface area contributed by atoms with Gasteiger partial charge in [-0.25, -0.2) is 0 Å². The molecule has 0 aliphatic carbocycles. The summed E-state index contributed by atoms with van der Waals surface area (Å²) in [5.41, 5.74) is 2.25. The lowest BCUT2D eigenvalue weighted by molar-refractivity contribution is 0.315. The molecule has 0 N–H and O–H groups in total. The molecule has 2 nitrogen and oxygen atoms in total. The van der Waals surface area contributed by atoms with E-state index in [2.05, 4.69) is 57.0 Å². The second-order valence-corrected chi connectivity index (χ2v) is 6.41. The molecular weight excluding hydrogens is 396 g/mol. The zero-order valence-electron chi connectivity index (χ0n) is 12.1. The quantitative estimate of drug-likeness (QED) is 0.563. The molecule has 0 radical (unpaired) electrons. The Kier molecular flexibility index (Phi) is 6.12. The van der Waals surface area contributed by atoms with Gasteiger partial charge in [-0.15, -0.1) is 0 Å². The zero-order valence-corrected chi connectivity index (χ0v) is 15.3. The fourth-order valence-electron chi connectivity index (χ4n) is 2.06. The van der Waals surface area contributed by atoms with E-state index in [9.17, 15) is 0 Å². The van der Waals surface area contributed by atoms with Crippen LogP contribution in [0.15, 0.2) is 46.9 Å². The van der Waals surface area contributed by atoms with Crippen LogP contribution in [-0.2, 0) is 0 Å². The van der Waals surface area contributed by atoms with Crippen molar-refractivity contribution in [2.75, 3.05) is 13.7 Å². The maximum absolute atomic E-state index is 5.68. The molecule has 0 spiro atoms. The number of hydrogen-bond donors (Lipinski definition) is 0. The van der Waals surface area contributed by atoms with E-state index < -0.39 is 0 Å². The molecule has 0 aliphatic heterocycles. The molecule has 4 heteroatoms. The molecule has 0 heterocycles. The molecule has 0 amide bonds. The summed E-state index contributed by atoms with van der Waals surface area (Å²) in [6.07, 6.45) is 0.997. The first kappa shape index (κ1) is 16.4. The Hall–Kier alpha value is -1.00. The fourth-order valence-corrected chi connectivity index (χ4v) is 3.23. The van der Waals surface area contributed by atoms with Crippen LogP contribution < -0.4 is 9.47 Å². The number of rotatable bonds is 6. The molecule has 0 saturated carbocycles. The summed E-state index contributed by atoms with van der Waals surface area (Å²) in [6, 6.07) is 14.2. The minimum atomic E-state index is 0.0742. The maximum atomic E-state index is 5.68. The minimum absolute atomic E-state index is 0.0742. The third-order valence-electron chi connectivity index (χ3n) is 3.12. The molecule has 1 atom stereocenters. The van der Waals surface area contributed by atoms with Gasteiger partial charge < -0.3 is 9.47 Å². The first-order valence-corrected chi connectivity index (χ1v) is 8.57. The molecule has 2 aromatic rings. The predicted molar refractivity (Wildman–Crippen MR) is 93.7 cm³/mol. The number of para-hydroxylation sites is 1.